The summed E-state index contributed by atoms with van der Waals surface area (Å²) < 4.78 is 0. The van der Waals surface area contributed by atoms with E-state index in [-0.39, 0.29) is 5.50 Å². The van der Waals surface area contributed by atoms with E-state index in [1.165, 1.54) is 30.5 Å². The van der Waals surface area contributed by atoms with E-state index in [1.54, 1.807) is 0 Å². The van der Waals surface area contributed by atoms with Gasteiger partial charge in [-0.15, -0.1) is 11.6 Å². The van der Waals surface area contributed by atoms with Crippen molar-refractivity contribution in [3.8, 4) is 0 Å². The minimum atomic E-state index is 0.266. The molecule has 1 aliphatic carbocycles. The number of alkyl halides is 1. The molecule has 3 unspecified atom stereocenters. The molecule has 16 heavy (non-hydrogen) atoms. The molecule has 2 aliphatic rings. The molecule has 1 heterocycles. The summed E-state index contributed by atoms with van der Waals surface area (Å²) in [5.74, 6) is 0.635. The fourth-order valence-corrected chi connectivity index (χ4v) is 3.70. The normalized spacial score (nSPS) is 34.2. The van der Waals surface area contributed by atoms with Gasteiger partial charge in [0.2, 0.25) is 0 Å². The topological polar surface area (TPSA) is 3.24 Å². The molecular formula is C14H18ClN. The highest BCUT2D eigenvalue weighted by Gasteiger charge is 2.37. The highest BCUT2D eigenvalue weighted by molar-refractivity contribution is 6.20. The molecule has 1 saturated heterocycles. The first-order chi connectivity index (χ1) is 7.77. The molecule has 1 fully saturated rings. The maximum absolute atomic E-state index is 6.39. The van der Waals surface area contributed by atoms with Gasteiger partial charge in [-0.05, 0) is 42.9 Å². The van der Waals surface area contributed by atoms with Crippen LogP contribution in [0, 0.1) is 0 Å². The molecule has 0 bridgehead atoms. The summed E-state index contributed by atoms with van der Waals surface area (Å²) in [4.78, 5) is 2.51. The standard InChI is InChI=1S/C14H18ClN/c1-10-12-6-3-2-5-11(12)9-13(10)16-8-4-7-14(16)15/h2-3,5-6,10,13-14H,4,7-9H2,1H3. The third kappa shape index (κ3) is 1.57. The zero-order valence-electron chi connectivity index (χ0n) is 9.70. The molecule has 1 nitrogen and oxygen atoms in total. The maximum Gasteiger partial charge on any atom is 0.0853 e. The fraction of sp³-hybridized carbons (Fsp3) is 0.571. The molecular weight excluding hydrogens is 218 g/mol. The molecule has 1 aliphatic heterocycles. The second-order valence-electron chi connectivity index (χ2n) is 5.07. The van der Waals surface area contributed by atoms with Gasteiger partial charge in [-0.2, -0.15) is 0 Å². The van der Waals surface area contributed by atoms with Crippen molar-refractivity contribution in [2.75, 3.05) is 6.54 Å². The first kappa shape index (κ1) is 10.6. The largest absolute Gasteiger partial charge is 0.284 e. The van der Waals surface area contributed by atoms with E-state index in [2.05, 4.69) is 36.1 Å². The molecule has 1 aromatic rings. The number of hydrogen-bond acceptors (Lipinski definition) is 1. The Hall–Kier alpha value is -0.530. The smallest absolute Gasteiger partial charge is 0.0853 e. The Bertz CT molecular complexity index is 390. The number of hydrogen-bond donors (Lipinski definition) is 0. The number of rotatable bonds is 1. The van der Waals surface area contributed by atoms with Crippen molar-refractivity contribution in [3.05, 3.63) is 35.4 Å². The van der Waals surface area contributed by atoms with Crippen LogP contribution in [0.3, 0.4) is 0 Å². The van der Waals surface area contributed by atoms with Crippen LogP contribution in [0.15, 0.2) is 24.3 Å². The van der Waals surface area contributed by atoms with Crippen molar-refractivity contribution in [3.63, 3.8) is 0 Å². The van der Waals surface area contributed by atoms with E-state index < -0.39 is 0 Å². The predicted octanol–water partition coefficient (Wildman–Crippen LogP) is 3.38. The average Bonchev–Trinajstić information content (AvgIpc) is 2.84. The number of benzene rings is 1. The summed E-state index contributed by atoms with van der Waals surface area (Å²) in [7, 11) is 0. The Labute approximate surface area is 102 Å². The molecule has 1 aromatic carbocycles. The van der Waals surface area contributed by atoms with Crippen molar-refractivity contribution >= 4 is 11.6 Å². The number of fused-ring (bicyclic) bond motifs is 1. The van der Waals surface area contributed by atoms with E-state index in [0.29, 0.717) is 12.0 Å². The van der Waals surface area contributed by atoms with Crippen molar-refractivity contribution in [2.24, 2.45) is 0 Å². The maximum atomic E-state index is 6.39. The van der Waals surface area contributed by atoms with Crippen LogP contribution in [-0.4, -0.2) is 23.0 Å². The first-order valence-electron chi connectivity index (χ1n) is 6.25. The summed E-state index contributed by atoms with van der Waals surface area (Å²) in [6.07, 6.45) is 3.59. The lowest BCUT2D eigenvalue weighted by molar-refractivity contribution is 0.208. The third-order valence-corrected chi connectivity index (χ3v) is 4.67. The molecule has 0 spiro atoms. The van der Waals surface area contributed by atoms with E-state index in [4.69, 9.17) is 11.6 Å². The van der Waals surface area contributed by atoms with Crippen LogP contribution in [0.1, 0.15) is 36.8 Å². The minimum absolute atomic E-state index is 0.266. The van der Waals surface area contributed by atoms with Gasteiger partial charge in [0.25, 0.3) is 0 Å². The summed E-state index contributed by atoms with van der Waals surface area (Å²) in [5, 5.41) is 0. The Balaban J connectivity index is 1.86. The number of nitrogens with zero attached hydrogens (tertiary/aromatic N) is 1. The quantitative estimate of drug-likeness (QED) is 0.533. The molecule has 0 saturated carbocycles. The van der Waals surface area contributed by atoms with Crippen LogP contribution in [0.4, 0.5) is 0 Å². The molecule has 0 N–H and O–H groups in total. The molecule has 0 amide bonds. The molecule has 86 valence electrons. The zero-order valence-corrected chi connectivity index (χ0v) is 10.5. The summed E-state index contributed by atoms with van der Waals surface area (Å²) >= 11 is 6.39. The molecule has 2 heteroatoms. The predicted molar refractivity (Wildman–Crippen MR) is 67.9 cm³/mol. The van der Waals surface area contributed by atoms with Gasteiger partial charge >= 0.3 is 0 Å². The molecule has 0 radical (unpaired) electrons. The van der Waals surface area contributed by atoms with Gasteiger partial charge < -0.3 is 0 Å². The summed E-state index contributed by atoms with van der Waals surface area (Å²) in [5.41, 5.74) is 3.32. The van der Waals surface area contributed by atoms with Gasteiger partial charge in [0.1, 0.15) is 0 Å². The van der Waals surface area contributed by atoms with Gasteiger partial charge in [0.15, 0.2) is 0 Å². The first-order valence-corrected chi connectivity index (χ1v) is 6.68. The lowest BCUT2D eigenvalue weighted by Gasteiger charge is -2.30. The Kier molecular flexibility index (Phi) is 2.68. The van der Waals surface area contributed by atoms with Gasteiger partial charge in [0.05, 0.1) is 5.50 Å². The van der Waals surface area contributed by atoms with Crippen molar-refractivity contribution in [1.29, 1.82) is 0 Å². The van der Waals surface area contributed by atoms with E-state index in [0.717, 1.165) is 6.42 Å². The lowest BCUT2D eigenvalue weighted by atomic mass is 10.00. The Morgan fingerprint density at radius 1 is 1.31 bits per heavy atom. The fourth-order valence-electron chi connectivity index (χ4n) is 3.30. The third-order valence-electron chi connectivity index (χ3n) is 4.20. The van der Waals surface area contributed by atoms with E-state index in [9.17, 15) is 0 Å². The summed E-state index contributed by atoms with van der Waals surface area (Å²) in [6, 6.07) is 9.47. The van der Waals surface area contributed by atoms with Crippen LogP contribution in [0.25, 0.3) is 0 Å². The van der Waals surface area contributed by atoms with E-state index >= 15 is 0 Å². The summed E-state index contributed by atoms with van der Waals surface area (Å²) in [6.45, 7) is 3.52. The zero-order chi connectivity index (χ0) is 11.1. The van der Waals surface area contributed by atoms with Crippen LogP contribution in [0.5, 0.6) is 0 Å². The van der Waals surface area contributed by atoms with E-state index in [1.807, 2.05) is 0 Å². The minimum Gasteiger partial charge on any atom is -0.284 e. The Morgan fingerprint density at radius 3 is 2.81 bits per heavy atom. The number of likely N-dealkylation sites (tertiary alicyclic amines) is 1. The van der Waals surface area contributed by atoms with Crippen molar-refractivity contribution in [2.45, 2.75) is 43.6 Å². The average molecular weight is 236 g/mol. The van der Waals surface area contributed by atoms with Crippen LogP contribution >= 0.6 is 11.6 Å². The second-order valence-corrected chi connectivity index (χ2v) is 5.58. The number of halogens is 1. The highest BCUT2D eigenvalue weighted by Crippen LogP contribution is 2.39. The van der Waals surface area contributed by atoms with Crippen LogP contribution in [-0.2, 0) is 6.42 Å². The second kappa shape index (κ2) is 4.05. The SMILES string of the molecule is CC1c2ccccc2CC1N1CCCC1Cl. The molecule has 3 atom stereocenters. The van der Waals surface area contributed by atoms with Gasteiger partial charge in [0, 0.05) is 6.04 Å². The molecule has 0 aromatic heterocycles. The Morgan fingerprint density at radius 2 is 2.12 bits per heavy atom. The van der Waals surface area contributed by atoms with Crippen LogP contribution in [0.2, 0.25) is 0 Å². The van der Waals surface area contributed by atoms with Gasteiger partial charge in [-0.25, -0.2) is 0 Å². The monoisotopic (exact) mass is 235 g/mol. The van der Waals surface area contributed by atoms with Gasteiger partial charge in [-0.1, -0.05) is 31.2 Å². The van der Waals surface area contributed by atoms with Gasteiger partial charge in [-0.3, -0.25) is 4.90 Å². The lowest BCUT2D eigenvalue weighted by Crippen LogP contribution is -2.38. The van der Waals surface area contributed by atoms with Crippen LogP contribution < -0.4 is 0 Å². The van der Waals surface area contributed by atoms with Crippen molar-refractivity contribution < 1.29 is 0 Å². The highest BCUT2D eigenvalue weighted by atomic mass is 35.5. The van der Waals surface area contributed by atoms with Crippen molar-refractivity contribution in [1.82, 2.24) is 4.90 Å². The molecule has 3 rings (SSSR count).